The maximum atomic E-state index is 3.52. The maximum absolute atomic E-state index is 3.52. The molecule has 1 heterocycles. The van der Waals surface area contributed by atoms with Crippen molar-refractivity contribution in [3.63, 3.8) is 0 Å². The van der Waals surface area contributed by atoms with Crippen LogP contribution in [0.4, 0.5) is 0 Å². The molecule has 1 unspecified atom stereocenters. The van der Waals surface area contributed by atoms with Gasteiger partial charge in [0.05, 0.1) is 0 Å². The van der Waals surface area contributed by atoms with Crippen LogP contribution in [0.1, 0.15) is 25.7 Å². The second-order valence-electron chi connectivity index (χ2n) is 3.04. The Labute approximate surface area is 50.5 Å². The van der Waals surface area contributed by atoms with Crippen LogP contribution in [-0.2, 0) is 0 Å². The minimum Gasteiger partial charge on any atom is -0.314 e. The average Bonchev–Trinajstić information content (AvgIpc) is 2.15. The lowest BCUT2D eigenvalue weighted by Crippen LogP contribution is -2.21. The van der Waals surface area contributed by atoms with Crippen molar-refractivity contribution in [1.29, 1.82) is 0 Å². The molecule has 2 aliphatic rings. The zero-order valence-electron chi connectivity index (χ0n) is 5.19. The number of hydrogen-bond donors (Lipinski definition) is 1. The Morgan fingerprint density at radius 3 is 3.00 bits per heavy atom. The smallest absolute Gasteiger partial charge is 0.00958 e. The van der Waals surface area contributed by atoms with Crippen LogP contribution >= 0.6 is 0 Å². The average molecular weight is 111 g/mol. The molecule has 0 aromatic heterocycles. The van der Waals surface area contributed by atoms with Gasteiger partial charge < -0.3 is 5.32 Å². The summed E-state index contributed by atoms with van der Waals surface area (Å²) < 4.78 is 0. The standard InChI is InChI=1S/C7H13N/c1-2-6-4-5-8-7(6)3-1/h6-8H,1-5H2/t6-,7?/m1/s1. The fourth-order valence-electron chi connectivity index (χ4n) is 2.11. The van der Waals surface area contributed by atoms with E-state index in [1.165, 1.54) is 32.2 Å². The van der Waals surface area contributed by atoms with Gasteiger partial charge in [-0.1, -0.05) is 6.42 Å². The SMILES string of the molecule is C1CC2NCC[C@H]2C1. The maximum Gasteiger partial charge on any atom is 0.00958 e. The van der Waals surface area contributed by atoms with Crippen LogP contribution in [0.3, 0.4) is 0 Å². The lowest BCUT2D eigenvalue weighted by molar-refractivity contribution is 0.518. The summed E-state index contributed by atoms with van der Waals surface area (Å²) in [5.74, 6) is 1.06. The molecule has 2 fully saturated rings. The molecule has 0 bridgehead atoms. The van der Waals surface area contributed by atoms with Crippen molar-refractivity contribution < 1.29 is 0 Å². The Balaban J connectivity index is 2.04. The predicted octanol–water partition coefficient (Wildman–Crippen LogP) is 1.15. The Kier molecular flexibility index (Phi) is 1.04. The minimum absolute atomic E-state index is 0.926. The second kappa shape index (κ2) is 1.73. The topological polar surface area (TPSA) is 12.0 Å². The van der Waals surface area contributed by atoms with E-state index in [-0.39, 0.29) is 0 Å². The van der Waals surface area contributed by atoms with Crippen LogP contribution in [0.2, 0.25) is 0 Å². The molecule has 2 atom stereocenters. The predicted molar refractivity (Wildman–Crippen MR) is 33.7 cm³/mol. The van der Waals surface area contributed by atoms with E-state index in [4.69, 9.17) is 0 Å². The third-order valence-electron chi connectivity index (χ3n) is 2.58. The molecule has 2 rings (SSSR count). The summed E-state index contributed by atoms with van der Waals surface area (Å²) in [5.41, 5.74) is 0. The summed E-state index contributed by atoms with van der Waals surface area (Å²) in [6.07, 6.45) is 5.87. The normalized spacial score (nSPS) is 45.0. The van der Waals surface area contributed by atoms with Gasteiger partial charge in [-0.15, -0.1) is 0 Å². The van der Waals surface area contributed by atoms with E-state index in [1.807, 2.05) is 0 Å². The molecular formula is C7H13N. The van der Waals surface area contributed by atoms with Crippen LogP contribution in [-0.4, -0.2) is 12.6 Å². The summed E-state index contributed by atoms with van der Waals surface area (Å²) in [4.78, 5) is 0. The number of nitrogens with one attached hydrogen (secondary N) is 1. The third-order valence-corrected chi connectivity index (χ3v) is 2.58. The van der Waals surface area contributed by atoms with Gasteiger partial charge in [-0.2, -0.15) is 0 Å². The van der Waals surface area contributed by atoms with Gasteiger partial charge in [0.2, 0.25) is 0 Å². The summed E-state index contributed by atoms with van der Waals surface area (Å²) in [7, 11) is 0. The molecule has 0 aromatic carbocycles. The first-order valence-electron chi connectivity index (χ1n) is 3.70. The molecule has 1 N–H and O–H groups in total. The first-order chi connectivity index (χ1) is 3.97. The van der Waals surface area contributed by atoms with Gasteiger partial charge in [-0.25, -0.2) is 0 Å². The van der Waals surface area contributed by atoms with Crippen molar-refractivity contribution in [2.45, 2.75) is 31.7 Å². The number of rotatable bonds is 0. The second-order valence-corrected chi connectivity index (χ2v) is 3.04. The molecule has 1 aliphatic heterocycles. The van der Waals surface area contributed by atoms with E-state index in [1.54, 1.807) is 0 Å². The molecule has 0 spiro atoms. The molecule has 0 radical (unpaired) electrons. The molecule has 1 saturated heterocycles. The Morgan fingerprint density at radius 1 is 1.12 bits per heavy atom. The first-order valence-corrected chi connectivity index (χ1v) is 3.70. The highest BCUT2D eigenvalue weighted by atomic mass is 15.0. The summed E-state index contributed by atoms with van der Waals surface area (Å²) in [6, 6.07) is 0.926. The van der Waals surface area contributed by atoms with Crippen LogP contribution in [0.5, 0.6) is 0 Å². The molecule has 0 aromatic rings. The van der Waals surface area contributed by atoms with E-state index >= 15 is 0 Å². The third kappa shape index (κ3) is 0.576. The Hall–Kier alpha value is -0.0400. The Morgan fingerprint density at radius 2 is 2.12 bits per heavy atom. The van der Waals surface area contributed by atoms with Crippen LogP contribution in [0.15, 0.2) is 0 Å². The molecule has 0 amide bonds. The molecule has 1 heteroatoms. The lowest BCUT2D eigenvalue weighted by Gasteiger charge is -2.05. The summed E-state index contributed by atoms with van der Waals surface area (Å²) >= 11 is 0. The largest absolute Gasteiger partial charge is 0.314 e. The number of fused-ring (bicyclic) bond motifs is 1. The van der Waals surface area contributed by atoms with Gasteiger partial charge >= 0.3 is 0 Å². The van der Waals surface area contributed by atoms with E-state index in [2.05, 4.69) is 5.32 Å². The number of hydrogen-bond acceptors (Lipinski definition) is 1. The van der Waals surface area contributed by atoms with Gasteiger partial charge in [0.15, 0.2) is 0 Å². The zero-order valence-corrected chi connectivity index (χ0v) is 5.19. The van der Waals surface area contributed by atoms with Crippen molar-refractivity contribution in [3.8, 4) is 0 Å². The summed E-state index contributed by atoms with van der Waals surface area (Å²) in [5, 5.41) is 3.52. The van der Waals surface area contributed by atoms with Crippen LogP contribution in [0, 0.1) is 5.92 Å². The molecule has 8 heavy (non-hydrogen) atoms. The molecule has 46 valence electrons. The van der Waals surface area contributed by atoms with Gasteiger partial charge in [0.25, 0.3) is 0 Å². The highest BCUT2D eigenvalue weighted by Crippen LogP contribution is 2.31. The van der Waals surface area contributed by atoms with Crippen molar-refractivity contribution >= 4 is 0 Å². The monoisotopic (exact) mass is 111 g/mol. The van der Waals surface area contributed by atoms with E-state index < -0.39 is 0 Å². The molecule has 1 saturated carbocycles. The molecular weight excluding hydrogens is 98.1 g/mol. The Bertz CT molecular complexity index is 70.4. The minimum atomic E-state index is 0.926. The van der Waals surface area contributed by atoms with E-state index in [0.29, 0.717) is 0 Å². The molecule has 1 aliphatic carbocycles. The van der Waals surface area contributed by atoms with Crippen LogP contribution < -0.4 is 5.32 Å². The van der Waals surface area contributed by atoms with E-state index in [9.17, 15) is 0 Å². The fraction of sp³-hybridized carbons (Fsp3) is 1.00. The quantitative estimate of drug-likeness (QED) is 0.494. The zero-order chi connectivity index (χ0) is 5.40. The van der Waals surface area contributed by atoms with E-state index in [0.717, 1.165) is 12.0 Å². The van der Waals surface area contributed by atoms with Crippen molar-refractivity contribution in [3.05, 3.63) is 0 Å². The highest BCUT2D eigenvalue weighted by molar-refractivity contribution is 4.88. The fourth-order valence-corrected chi connectivity index (χ4v) is 2.11. The van der Waals surface area contributed by atoms with Crippen molar-refractivity contribution in [2.75, 3.05) is 6.54 Å². The van der Waals surface area contributed by atoms with Gasteiger partial charge in [-0.3, -0.25) is 0 Å². The first kappa shape index (κ1) is 4.80. The summed E-state index contributed by atoms with van der Waals surface area (Å²) in [6.45, 7) is 1.29. The van der Waals surface area contributed by atoms with Crippen molar-refractivity contribution in [2.24, 2.45) is 5.92 Å². The van der Waals surface area contributed by atoms with Crippen molar-refractivity contribution in [1.82, 2.24) is 5.32 Å². The van der Waals surface area contributed by atoms with Gasteiger partial charge in [0.1, 0.15) is 0 Å². The highest BCUT2D eigenvalue weighted by Gasteiger charge is 2.30. The molecule has 1 nitrogen and oxygen atoms in total. The lowest BCUT2D eigenvalue weighted by atomic mass is 10.1. The van der Waals surface area contributed by atoms with Gasteiger partial charge in [0, 0.05) is 6.04 Å². The van der Waals surface area contributed by atoms with Gasteiger partial charge in [-0.05, 0) is 31.7 Å². The van der Waals surface area contributed by atoms with Crippen LogP contribution in [0.25, 0.3) is 0 Å².